The van der Waals surface area contributed by atoms with Crippen LogP contribution in [0.4, 0.5) is 0 Å². The number of aliphatic imine (C=N–C) groups is 1. The van der Waals surface area contributed by atoms with Gasteiger partial charge in [-0.1, -0.05) is 0 Å². The van der Waals surface area contributed by atoms with E-state index in [9.17, 15) is 0 Å². The number of ether oxygens (including phenoxy) is 1. The molecule has 21 heavy (non-hydrogen) atoms. The van der Waals surface area contributed by atoms with E-state index < -0.39 is 0 Å². The third-order valence-electron chi connectivity index (χ3n) is 5.39. The molecule has 0 unspecified atom stereocenters. The highest BCUT2D eigenvalue weighted by Crippen LogP contribution is 2.30. The van der Waals surface area contributed by atoms with Gasteiger partial charge in [0.2, 0.25) is 0 Å². The fraction of sp³-hybridized carbons (Fsp3) is 0.938. The number of likely N-dealkylation sites (tertiary alicyclic amines) is 2. The fourth-order valence-corrected chi connectivity index (χ4v) is 4.05. The smallest absolute Gasteiger partial charge is 0.193 e. The maximum Gasteiger partial charge on any atom is 0.193 e. The standard InChI is InChI=1S/C16H30N4O/c1-17-15(19-8-2-3-9-19)18-14-16(6-12-21-13-7-16)20-10-4-5-11-20/h2-14H2,1H3,(H,17,18). The Balaban J connectivity index is 1.63. The molecule has 1 N–H and O–H groups in total. The maximum absolute atomic E-state index is 5.62. The minimum absolute atomic E-state index is 0.282. The van der Waals surface area contributed by atoms with E-state index in [1.165, 1.54) is 38.8 Å². The molecule has 0 amide bonds. The summed E-state index contributed by atoms with van der Waals surface area (Å²) in [7, 11) is 1.91. The summed E-state index contributed by atoms with van der Waals surface area (Å²) in [5, 5.41) is 3.68. The van der Waals surface area contributed by atoms with Crippen LogP contribution in [0.1, 0.15) is 38.5 Å². The highest BCUT2D eigenvalue weighted by atomic mass is 16.5. The summed E-state index contributed by atoms with van der Waals surface area (Å²) in [4.78, 5) is 9.60. The second-order valence-corrected chi connectivity index (χ2v) is 6.63. The van der Waals surface area contributed by atoms with Gasteiger partial charge in [0.15, 0.2) is 5.96 Å². The average Bonchev–Trinajstić information content (AvgIpc) is 3.23. The normalized spacial score (nSPS) is 27.3. The molecule has 5 nitrogen and oxygen atoms in total. The summed E-state index contributed by atoms with van der Waals surface area (Å²) in [6, 6.07) is 0. The quantitative estimate of drug-likeness (QED) is 0.629. The molecular formula is C16H30N4O. The fourth-order valence-electron chi connectivity index (χ4n) is 4.05. The maximum atomic E-state index is 5.62. The molecule has 0 spiro atoms. The van der Waals surface area contributed by atoms with Crippen molar-refractivity contribution in [3.63, 3.8) is 0 Å². The van der Waals surface area contributed by atoms with Crippen LogP contribution in [0.15, 0.2) is 4.99 Å². The lowest BCUT2D eigenvalue weighted by Crippen LogP contribution is -2.58. The molecule has 3 saturated heterocycles. The van der Waals surface area contributed by atoms with Crippen LogP contribution in [-0.2, 0) is 4.74 Å². The summed E-state index contributed by atoms with van der Waals surface area (Å²) in [5.41, 5.74) is 0.282. The van der Waals surface area contributed by atoms with Crippen molar-refractivity contribution in [2.75, 3.05) is 53.0 Å². The van der Waals surface area contributed by atoms with Gasteiger partial charge >= 0.3 is 0 Å². The lowest BCUT2D eigenvalue weighted by molar-refractivity contribution is -0.0166. The van der Waals surface area contributed by atoms with Crippen molar-refractivity contribution in [3.05, 3.63) is 0 Å². The molecule has 0 atom stereocenters. The van der Waals surface area contributed by atoms with Gasteiger partial charge in [-0.2, -0.15) is 0 Å². The van der Waals surface area contributed by atoms with Crippen molar-refractivity contribution < 1.29 is 4.74 Å². The Morgan fingerprint density at radius 3 is 2.29 bits per heavy atom. The molecule has 5 heteroatoms. The third-order valence-corrected chi connectivity index (χ3v) is 5.39. The number of nitrogens with zero attached hydrogens (tertiary/aromatic N) is 3. The van der Waals surface area contributed by atoms with Crippen LogP contribution in [0.2, 0.25) is 0 Å². The van der Waals surface area contributed by atoms with Crippen molar-refractivity contribution in [2.45, 2.75) is 44.1 Å². The van der Waals surface area contributed by atoms with Crippen LogP contribution < -0.4 is 5.32 Å². The minimum Gasteiger partial charge on any atom is -0.381 e. The molecule has 3 heterocycles. The molecule has 0 saturated carbocycles. The molecule has 3 fully saturated rings. The van der Waals surface area contributed by atoms with E-state index >= 15 is 0 Å². The Labute approximate surface area is 128 Å². The molecule has 3 rings (SSSR count). The Hall–Kier alpha value is -0.810. The van der Waals surface area contributed by atoms with Crippen molar-refractivity contribution in [1.29, 1.82) is 0 Å². The van der Waals surface area contributed by atoms with Crippen LogP contribution in [0.5, 0.6) is 0 Å². The molecule has 3 aliphatic rings. The van der Waals surface area contributed by atoms with Gasteiger partial charge in [0.05, 0.1) is 0 Å². The van der Waals surface area contributed by atoms with Gasteiger partial charge in [-0.25, -0.2) is 0 Å². The summed E-state index contributed by atoms with van der Waals surface area (Å²) >= 11 is 0. The van der Waals surface area contributed by atoms with Crippen LogP contribution in [-0.4, -0.2) is 74.3 Å². The van der Waals surface area contributed by atoms with Gasteiger partial charge in [-0.15, -0.1) is 0 Å². The second kappa shape index (κ2) is 6.97. The Kier molecular flexibility index (Phi) is 5.01. The summed E-state index contributed by atoms with van der Waals surface area (Å²) in [5.74, 6) is 1.09. The molecule has 0 aromatic rings. The highest BCUT2D eigenvalue weighted by molar-refractivity contribution is 5.80. The zero-order valence-electron chi connectivity index (χ0n) is 13.4. The molecule has 0 radical (unpaired) electrons. The van der Waals surface area contributed by atoms with Crippen molar-refractivity contribution in [3.8, 4) is 0 Å². The first-order chi connectivity index (χ1) is 10.3. The minimum atomic E-state index is 0.282. The lowest BCUT2D eigenvalue weighted by atomic mass is 9.88. The van der Waals surface area contributed by atoms with Gasteiger partial charge in [-0.3, -0.25) is 9.89 Å². The first-order valence-electron chi connectivity index (χ1n) is 8.62. The van der Waals surface area contributed by atoms with E-state index in [1.807, 2.05) is 7.05 Å². The Morgan fingerprint density at radius 2 is 1.67 bits per heavy atom. The van der Waals surface area contributed by atoms with Crippen LogP contribution >= 0.6 is 0 Å². The molecule has 0 aliphatic carbocycles. The average molecular weight is 294 g/mol. The van der Waals surface area contributed by atoms with Gasteiger partial charge < -0.3 is 15.0 Å². The number of guanidine groups is 1. The topological polar surface area (TPSA) is 40.1 Å². The molecule has 0 aromatic carbocycles. The van der Waals surface area contributed by atoms with Crippen molar-refractivity contribution in [2.24, 2.45) is 4.99 Å². The van der Waals surface area contributed by atoms with Crippen LogP contribution in [0, 0.1) is 0 Å². The van der Waals surface area contributed by atoms with Crippen LogP contribution in [0.25, 0.3) is 0 Å². The molecule has 3 aliphatic heterocycles. The highest BCUT2D eigenvalue weighted by Gasteiger charge is 2.39. The van der Waals surface area contributed by atoms with Crippen molar-refractivity contribution >= 4 is 5.96 Å². The first-order valence-corrected chi connectivity index (χ1v) is 8.62. The number of rotatable bonds is 3. The second-order valence-electron chi connectivity index (χ2n) is 6.63. The van der Waals surface area contributed by atoms with Crippen molar-refractivity contribution in [1.82, 2.24) is 15.1 Å². The summed E-state index contributed by atoms with van der Waals surface area (Å²) in [6.07, 6.45) is 7.60. The predicted molar refractivity (Wildman–Crippen MR) is 85.8 cm³/mol. The van der Waals surface area contributed by atoms with E-state index in [1.54, 1.807) is 0 Å². The van der Waals surface area contributed by atoms with Crippen LogP contribution in [0.3, 0.4) is 0 Å². The SMILES string of the molecule is CN=C(NCC1(N2CCCC2)CCOCC1)N1CCCC1. The van der Waals surface area contributed by atoms with E-state index in [4.69, 9.17) is 4.74 Å². The van der Waals surface area contributed by atoms with E-state index in [-0.39, 0.29) is 5.54 Å². The largest absolute Gasteiger partial charge is 0.381 e. The number of hydrogen-bond donors (Lipinski definition) is 1. The summed E-state index contributed by atoms with van der Waals surface area (Å²) in [6.45, 7) is 7.63. The van der Waals surface area contributed by atoms with Gasteiger partial charge in [0.1, 0.15) is 0 Å². The summed E-state index contributed by atoms with van der Waals surface area (Å²) < 4.78 is 5.62. The monoisotopic (exact) mass is 294 g/mol. The third kappa shape index (κ3) is 3.34. The molecule has 0 aromatic heterocycles. The molecule has 0 bridgehead atoms. The zero-order chi connectivity index (χ0) is 14.5. The van der Waals surface area contributed by atoms with Gasteiger partial charge in [0.25, 0.3) is 0 Å². The molecular weight excluding hydrogens is 264 g/mol. The number of hydrogen-bond acceptors (Lipinski definition) is 3. The number of nitrogens with one attached hydrogen (secondary N) is 1. The van der Waals surface area contributed by atoms with E-state index in [0.29, 0.717) is 0 Å². The van der Waals surface area contributed by atoms with E-state index in [2.05, 4.69) is 20.1 Å². The van der Waals surface area contributed by atoms with Gasteiger partial charge in [0, 0.05) is 45.4 Å². The Bertz CT molecular complexity index is 353. The van der Waals surface area contributed by atoms with E-state index in [0.717, 1.165) is 51.6 Å². The Morgan fingerprint density at radius 1 is 1.05 bits per heavy atom. The lowest BCUT2D eigenvalue weighted by Gasteiger charge is -2.45. The zero-order valence-corrected chi connectivity index (χ0v) is 13.4. The predicted octanol–water partition coefficient (Wildman–Crippen LogP) is 1.30. The molecule has 120 valence electrons. The van der Waals surface area contributed by atoms with Gasteiger partial charge in [-0.05, 0) is 51.6 Å². The first kappa shape index (κ1) is 15.1.